The molecule has 1 amide bonds. The summed E-state index contributed by atoms with van der Waals surface area (Å²) in [7, 11) is 1.65. The Morgan fingerprint density at radius 1 is 1.33 bits per heavy atom. The van der Waals surface area contributed by atoms with Gasteiger partial charge < -0.3 is 15.0 Å². The maximum Gasteiger partial charge on any atom is 0.272 e. The lowest BCUT2D eigenvalue weighted by Gasteiger charge is -2.30. The molecule has 0 aromatic carbocycles. The third-order valence-corrected chi connectivity index (χ3v) is 3.54. The third-order valence-electron chi connectivity index (χ3n) is 3.54. The quantitative estimate of drug-likeness (QED) is 0.760. The Morgan fingerprint density at radius 3 is 2.52 bits per heavy atom. The first-order valence-corrected chi connectivity index (χ1v) is 7.67. The molecule has 1 N–H and O–H groups in total. The minimum Gasteiger partial charge on any atom is -0.384 e. The summed E-state index contributed by atoms with van der Waals surface area (Å²) in [5.41, 5.74) is 1.42. The molecule has 0 saturated carbocycles. The summed E-state index contributed by atoms with van der Waals surface area (Å²) in [5.74, 6) is -0.0243. The van der Waals surface area contributed by atoms with Crippen molar-refractivity contribution < 1.29 is 9.53 Å². The molecule has 21 heavy (non-hydrogen) atoms. The molecule has 0 aliphatic rings. The van der Waals surface area contributed by atoms with E-state index in [1.165, 1.54) is 0 Å². The van der Waals surface area contributed by atoms with E-state index in [2.05, 4.69) is 24.1 Å². The maximum absolute atomic E-state index is 12.7. The minimum absolute atomic E-state index is 0.0243. The molecule has 1 aromatic heterocycles. The predicted octanol–water partition coefficient (Wildman–Crippen LogP) is 2.79. The van der Waals surface area contributed by atoms with Crippen LogP contribution in [0.15, 0.2) is 18.3 Å². The van der Waals surface area contributed by atoms with Crippen molar-refractivity contribution in [2.75, 3.05) is 32.1 Å². The molecule has 0 atom stereocenters. The standard InChI is InChI=1S/C16H27N3O2/c1-5-14(6-2)19(10-11-21-4)16(20)15-9-8-13(12-18-15)17-7-3/h8-9,12,14,17H,5-7,10-11H2,1-4H3. The van der Waals surface area contributed by atoms with E-state index in [-0.39, 0.29) is 11.9 Å². The van der Waals surface area contributed by atoms with Gasteiger partial charge in [-0.2, -0.15) is 0 Å². The SMILES string of the molecule is CCNc1ccc(C(=O)N(CCOC)C(CC)CC)nc1. The summed E-state index contributed by atoms with van der Waals surface area (Å²) in [6.07, 6.45) is 3.57. The van der Waals surface area contributed by atoms with Crippen molar-refractivity contribution in [2.24, 2.45) is 0 Å². The number of carbonyl (C=O) groups excluding carboxylic acids is 1. The van der Waals surface area contributed by atoms with Crippen LogP contribution in [0.5, 0.6) is 0 Å². The lowest BCUT2D eigenvalue weighted by Crippen LogP contribution is -2.42. The summed E-state index contributed by atoms with van der Waals surface area (Å²) < 4.78 is 5.12. The van der Waals surface area contributed by atoms with Crippen molar-refractivity contribution in [1.82, 2.24) is 9.88 Å². The number of carbonyl (C=O) groups is 1. The molecule has 5 nitrogen and oxygen atoms in total. The van der Waals surface area contributed by atoms with Crippen LogP contribution >= 0.6 is 0 Å². The van der Waals surface area contributed by atoms with Gasteiger partial charge in [0.1, 0.15) is 5.69 Å². The fourth-order valence-electron chi connectivity index (χ4n) is 2.35. The average molecular weight is 293 g/mol. The first-order chi connectivity index (χ1) is 10.2. The Morgan fingerprint density at radius 2 is 2.05 bits per heavy atom. The van der Waals surface area contributed by atoms with Gasteiger partial charge in [-0.05, 0) is 31.9 Å². The van der Waals surface area contributed by atoms with Crippen LogP contribution in [-0.4, -0.2) is 48.6 Å². The van der Waals surface area contributed by atoms with Crippen molar-refractivity contribution in [1.29, 1.82) is 0 Å². The van der Waals surface area contributed by atoms with Gasteiger partial charge in [-0.15, -0.1) is 0 Å². The number of hydrogen-bond acceptors (Lipinski definition) is 4. The lowest BCUT2D eigenvalue weighted by atomic mass is 10.1. The molecule has 0 spiro atoms. The maximum atomic E-state index is 12.7. The van der Waals surface area contributed by atoms with Crippen LogP contribution in [0.1, 0.15) is 44.1 Å². The second-order valence-corrected chi connectivity index (χ2v) is 4.92. The smallest absolute Gasteiger partial charge is 0.272 e. The summed E-state index contributed by atoms with van der Waals surface area (Å²) in [6, 6.07) is 3.90. The van der Waals surface area contributed by atoms with Crippen LogP contribution in [0, 0.1) is 0 Å². The Hall–Kier alpha value is -1.62. The first kappa shape index (κ1) is 17.4. The second kappa shape index (κ2) is 9.34. The Balaban J connectivity index is 2.87. The van der Waals surface area contributed by atoms with E-state index in [9.17, 15) is 4.79 Å². The van der Waals surface area contributed by atoms with Crippen LogP contribution in [0.4, 0.5) is 5.69 Å². The Bertz CT molecular complexity index is 416. The fraction of sp³-hybridized carbons (Fsp3) is 0.625. The van der Waals surface area contributed by atoms with Gasteiger partial charge in [-0.25, -0.2) is 4.98 Å². The van der Waals surface area contributed by atoms with E-state index < -0.39 is 0 Å². The number of anilines is 1. The molecule has 0 aliphatic heterocycles. The summed E-state index contributed by atoms with van der Waals surface area (Å²) in [5, 5.41) is 3.17. The van der Waals surface area contributed by atoms with E-state index in [0.717, 1.165) is 25.1 Å². The van der Waals surface area contributed by atoms with Gasteiger partial charge in [0.2, 0.25) is 0 Å². The van der Waals surface area contributed by atoms with Crippen LogP contribution in [0.2, 0.25) is 0 Å². The number of aromatic nitrogens is 1. The van der Waals surface area contributed by atoms with Gasteiger partial charge in [-0.3, -0.25) is 4.79 Å². The predicted molar refractivity (Wildman–Crippen MR) is 85.7 cm³/mol. The molecule has 0 radical (unpaired) electrons. The average Bonchev–Trinajstić information content (AvgIpc) is 2.52. The Labute approximate surface area is 127 Å². The van der Waals surface area contributed by atoms with Crippen molar-refractivity contribution >= 4 is 11.6 Å². The zero-order valence-electron chi connectivity index (χ0n) is 13.6. The molecule has 1 rings (SSSR count). The number of nitrogens with zero attached hydrogens (tertiary/aromatic N) is 2. The number of amides is 1. The minimum atomic E-state index is -0.0243. The largest absolute Gasteiger partial charge is 0.384 e. The Kier molecular flexibility index (Phi) is 7.75. The van der Waals surface area contributed by atoms with E-state index in [0.29, 0.717) is 18.8 Å². The van der Waals surface area contributed by atoms with Crippen LogP contribution in [0.25, 0.3) is 0 Å². The molecule has 0 bridgehead atoms. The van der Waals surface area contributed by atoms with Gasteiger partial charge in [0, 0.05) is 26.2 Å². The summed E-state index contributed by atoms with van der Waals surface area (Å²) in [6.45, 7) is 8.20. The molecular weight excluding hydrogens is 266 g/mol. The number of methoxy groups -OCH3 is 1. The molecule has 1 heterocycles. The van der Waals surface area contributed by atoms with Crippen molar-refractivity contribution in [3.8, 4) is 0 Å². The molecule has 0 aliphatic carbocycles. The number of rotatable bonds is 9. The van der Waals surface area contributed by atoms with E-state index in [4.69, 9.17) is 4.74 Å². The second-order valence-electron chi connectivity index (χ2n) is 4.92. The molecule has 0 unspecified atom stereocenters. The monoisotopic (exact) mass is 293 g/mol. The molecule has 5 heteroatoms. The number of hydrogen-bond donors (Lipinski definition) is 1. The van der Waals surface area contributed by atoms with Crippen LogP contribution in [0.3, 0.4) is 0 Å². The van der Waals surface area contributed by atoms with E-state index in [1.54, 1.807) is 19.4 Å². The number of nitrogens with one attached hydrogen (secondary N) is 1. The van der Waals surface area contributed by atoms with Gasteiger partial charge in [-0.1, -0.05) is 13.8 Å². The molecule has 1 aromatic rings. The highest BCUT2D eigenvalue weighted by atomic mass is 16.5. The topological polar surface area (TPSA) is 54.5 Å². The van der Waals surface area contributed by atoms with Gasteiger partial charge in [0.05, 0.1) is 18.5 Å². The van der Waals surface area contributed by atoms with Gasteiger partial charge >= 0.3 is 0 Å². The lowest BCUT2D eigenvalue weighted by molar-refractivity contribution is 0.0584. The molecule has 0 fully saturated rings. The number of pyridine rings is 1. The molecule has 118 valence electrons. The zero-order chi connectivity index (χ0) is 15.7. The van der Waals surface area contributed by atoms with E-state index in [1.807, 2.05) is 17.9 Å². The van der Waals surface area contributed by atoms with Gasteiger partial charge in [0.15, 0.2) is 0 Å². The fourth-order valence-corrected chi connectivity index (χ4v) is 2.35. The zero-order valence-corrected chi connectivity index (χ0v) is 13.6. The van der Waals surface area contributed by atoms with Crippen molar-refractivity contribution in [2.45, 2.75) is 39.7 Å². The molecular formula is C16H27N3O2. The highest BCUT2D eigenvalue weighted by Crippen LogP contribution is 2.14. The highest BCUT2D eigenvalue weighted by Gasteiger charge is 2.22. The van der Waals surface area contributed by atoms with Crippen molar-refractivity contribution in [3.63, 3.8) is 0 Å². The van der Waals surface area contributed by atoms with Crippen LogP contribution < -0.4 is 5.32 Å². The third kappa shape index (κ3) is 5.01. The molecule has 0 saturated heterocycles. The summed E-state index contributed by atoms with van der Waals surface area (Å²) >= 11 is 0. The highest BCUT2D eigenvalue weighted by molar-refractivity contribution is 5.92. The van der Waals surface area contributed by atoms with E-state index >= 15 is 0 Å². The van der Waals surface area contributed by atoms with Crippen molar-refractivity contribution in [3.05, 3.63) is 24.0 Å². The van der Waals surface area contributed by atoms with Crippen LogP contribution in [-0.2, 0) is 4.74 Å². The summed E-state index contributed by atoms with van der Waals surface area (Å²) in [4.78, 5) is 18.8. The number of ether oxygens (including phenoxy) is 1. The van der Waals surface area contributed by atoms with Gasteiger partial charge in [0.25, 0.3) is 5.91 Å². The first-order valence-electron chi connectivity index (χ1n) is 7.67. The normalized spacial score (nSPS) is 10.7.